The Bertz CT molecular complexity index is 740. The van der Waals surface area contributed by atoms with E-state index in [9.17, 15) is 4.79 Å². The van der Waals surface area contributed by atoms with Crippen LogP contribution in [0.3, 0.4) is 0 Å². The predicted molar refractivity (Wildman–Crippen MR) is 89.1 cm³/mol. The lowest BCUT2D eigenvalue weighted by Gasteiger charge is -2.23. The number of carbonyl (C=O) groups excluding carboxylic acids is 1. The van der Waals surface area contributed by atoms with Crippen molar-refractivity contribution in [3.8, 4) is 0 Å². The molecule has 0 saturated carbocycles. The van der Waals surface area contributed by atoms with Gasteiger partial charge in [0.15, 0.2) is 5.76 Å². The standard InChI is InChI=1S/C17H19BrN2O2/c1-10-14-8-11(18)2-5-15(14)22-16(10)17(21)20-7-6-12-3-4-13(9-20)19-12/h2,5,8,12-13,19H,3-4,6-7,9H2,1H3. The Morgan fingerprint density at radius 3 is 3.00 bits per heavy atom. The fourth-order valence-electron chi connectivity index (χ4n) is 3.67. The Morgan fingerprint density at radius 2 is 2.14 bits per heavy atom. The number of hydrogen-bond donors (Lipinski definition) is 1. The Hall–Kier alpha value is -1.33. The van der Waals surface area contributed by atoms with Gasteiger partial charge in [0, 0.05) is 40.6 Å². The molecule has 0 radical (unpaired) electrons. The smallest absolute Gasteiger partial charge is 0.289 e. The van der Waals surface area contributed by atoms with Crippen LogP contribution in [0.5, 0.6) is 0 Å². The first kappa shape index (κ1) is 14.3. The van der Waals surface area contributed by atoms with Crippen LogP contribution in [0.1, 0.15) is 35.4 Å². The highest BCUT2D eigenvalue weighted by atomic mass is 79.9. The highest BCUT2D eigenvalue weighted by molar-refractivity contribution is 9.10. The van der Waals surface area contributed by atoms with Crippen LogP contribution in [0.15, 0.2) is 27.1 Å². The second-order valence-corrected chi connectivity index (χ2v) is 7.29. The minimum atomic E-state index is 0.0270. The van der Waals surface area contributed by atoms with E-state index < -0.39 is 0 Å². The molecule has 4 nitrogen and oxygen atoms in total. The van der Waals surface area contributed by atoms with E-state index in [0.29, 0.717) is 17.8 Å². The Kier molecular flexibility index (Phi) is 3.50. The number of amides is 1. The van der Waals surface area contributed by atoms with Gasteiger partial charge in [-0.15, -0.1) is 0 Å². The van der Waals surface area contributed by atoms with Crippen molar-refractivity contribution in [2.24, 2.45) is 0 Å². The third-order valence-electron chi connectivity index (χ3n) is 4.90. The lowest BCUT2D eigenvalue weighted by atomic mass is 10.1. The van der Waals surface area contributed by atoms with Crippen molar-refractivity contribution >= 4 is 32.8 Å². The van der Waals surface area contributed by atoms with Crippen LogP contribution in [0.4, 0.5) is 0 Å². The molecule has 0 spiro atoms. The van der Waals surface area contributed by atoms with Gasteiger partial charge in [-0.1, -0.05) is 15.9 Å². The maximum absolute atomic E-state index is 12.9. The minimum absolute atomic E-state index is 0.0270. The van der Waals surface area contributed by atoms with Crippen molar-refractivity contribution in [2.75, 3.05) is 13.1 Å². The topological polar surface area (TPSA) is 45.5 Å². The summed E-state index contributed by atoms with van der Waals surface area (Å²) in [5, 5.41) is 4.61. The molecular formula is C17H19BrN2O2. The summed E-state index contributed by atoms with van der Waals surface area (Å²) in [5.74, 6) is 0.519. The van der Waals surface area contributed by atoms with Gasteiger partial charge < -0.3 is 14.6 Å². The molecule has 5 heteroatoms. The molecule has 2 atom stereocenters. The van der Waals surface area contributed by atoms with Crippen molar-refractivity contribution in [3.05, 3.63) is 34.0 Å². The SMILES string of the molecule is Cc1c(C(=O)N2CCC3CCC(C2)N3)oc2ccc(Br)cc12. The van der Waals surface area contributed by atoms with Crippen LogP contribution in [-0.4, -0.2) is 36.0 Å². The van der Waals surface area contributed by atoms with Crippen LogP contribution >= 0.6 is 15.9 Å². The number of benzene rings is 1. The quantitative estimate of drug-likeness (QED) is 0.844. The largest absolute Gasteiger partial charge is 0.451 e. The van der Waals surface area contributed by atoms with Crippen molar-refractivity contribution in [3.63, 3.8) is 0 Å². The average Bonchev–Trinajstić information content (AvgIpc) is 2.99. The van der Waals surface area contributed by atoms with Gasteiger partial charge in [0.2, 0.25) is 0 Å². The molecule has 2 aliphatic heterocycles. The van der Waals surface area contributed by atoms with E-state index in [1.54, 1.807) is 0 Å². The summed E-state index contributed by atoms with van der Waals surface area (Å²) in [6.07, 6.45) is 3.44. The molecule has 22 heavy (non-hydrogen) atoms. The van der Waals surface area contributed by atoms with Crippen LogP contribution in [-0.2, 0) is 0 Å². The molecule has 1 N–H and O–H groups in total. The first-order chi connectivity index (χ1) is 10.6. The number of furan rings is 1. The molecule has 2 aromatic rings. The molecule has 2 aliphatic rings. The Labute approximate surface area is 138 Å². The average molecular weight is 363 g/mol. The van der Waals surface area contributed by atoms with Crippen molar-refractivity contribution < 1.29 is 9.21 Å². The summed E-state index contributed by atoms with van der Waals surface area (Å²) in [5.41, 5.74) is 1.71. The van der Waals surface area contributed by atoms with Crippen molar-refractivity contribution in [2.45, 2.75) is 38.3 Å². The molecule has 2 unspecified atom stereocenters. The van der Waals surface area contributed by atoms with Gasteiger partial charge in [-0.2, -0.15) is 0 Å². The summed E-state index contributed by atoms with van der Waals surface area (Å²) in [4.78, 5) is 14.9. The zero-order chi connectivity index (χ0) is 15.3. The zero-order valence-corrected chi connectivity index (χ0v) is 14.1. The third-order valence-corrected chi connectivity index (χ3v) is 5.40. The first-order valence-corrected chi connectivity index (χ1v) is 8.65. The maximum Gasteiger partial charge on any atom is 0.289 e. The molecule has 4 rings (SSSR count). The number of halogens is 1. The summed E-state index contributed by atoms with van der Waals surface area (Å²) in [7, 11) is 0. The van der Waals surface area contributed by atoms with E-state index in [2.05, 4.69) is 21.2 Å². The van der Waals surface area contributed by atoms with Gasteiger partial charge in [0.25, 0.3) is 5.91 Å². The van der Waals surface area contributed by atoms with E-state index >= 15 is 0 Å². The number of nitrogens with zero attached hydrogens (tertiary/aromatic N) is 1. The van der Waals surface area contributed by atoms with Gasteiger partial charge >= 0.3 is 0 Å². The third kappa shape index (κ3) is 2.36. The molecule has 3 heterocycles. The van der Waals surface area contributed by atoms with E-state index in [-0.39, 0.29) is 5.91 Å². The van der Waals surface area contributed by atoms with Crippen molar-refractivity contribution in [1.82, 2.24) is 10.2 Å². The first-order valence-electron chi connectivity index (χ1n) is 7.86. The summed E-state index contributed by atoms with van der Waals surface area (Å²) < 4.78 is 6.86. The lowest BCUT2D eigenvalue weighted by Crippen LogP contribution is -2.39. The van der Waals surface area contributed by atoms with Crippen LogP contribution in [0.2, 0.25) is 0 Å². The molecule has 0 aliphatic carbocycles. The zero-order valence-electron chi connectivity index (χ0n) is 12.6. The minimum Gasteiger partial charge on any atom is -0.451 e. The molecule has 1 aromatic carbocycles. The number of nitrogens with one attached hydrogen (secondary N) is 1. The number of likely N-dealkylation sites (tertiary alicyclic amines) is 1. The predicted octanol–water partition coefficient (Wildman–Crippen LogP) is 3.47. The Balaban J connectivity index is 1.66. The van der Waals surface area contributed by atoms with Gasteiger partial charge in [-0.3, -0.25) is 4.79 Å². The highest BCUT2D eigenvalue weighted by Crippen LogP contribution is 2.30. The fourth-order valence-corrected chi connectivity index (χ4v) is 4.03. The van der Waals surface area contributed by atoms with Gasteiger partial charge in [-0.05, 0) is 44.4 Å². The van der Waals surface area contributed by atoms with Crippen LogP contribution < -0.4 is 5.32 Å². The van der Waals surface area contributed by atoms with E-state index in [0.717, 1.165) is 40.5 Å². The number of aryl methyl sites for hydroxylation is 1. The summed E-state index contributed by atoms with van der Waals surface area (Å²) in [6, 6.07) is 6.88. The number of hydrogen-bond acceptors (Lipinski definition) is 3. The summed E-state index contributed by atoms with van der Waals surface area (Å²) >= 11 is 3.48. The van der Waals surface area contributed by atoms with E-state index in [1.807, 2.05) is 30.0 Å². The number of fused-ring (bicyclic) bond motifs is 3. The molecule has 116 valence electrons. The van der Waals surface area contributed by atoms with Gasteiger partial charge in [-0.25, -0.2) is 0 Å². The van der Waals surface area contributed by atoms with Crippen LogP contribution in [0, 0.1) is 6.92 Å². The lowest BCUT2D eigenvalue weighted by molar-refractivity contribution is 0.0717. The van der Waals surface area contributed by atoms with Gasteiger partial charge in [0.05, 0.1) is 0 Å². The van der Waals surface area contributed by atoms with E-state index in [4.69, 9.17) is 4.42 Å². The molecule has 1 amide bonds. The molecule has 2 fully saturated rings. The van der Waals surface area contributed by atoms with Gasteiger partial charge in [0.1, 0.15) is 5.58 Å². The maximum atomic E-state index is 12.9. The normalized spacial score (nSPS) is 24.7. The molecule has 2 bridgehead atoms. The molecular weight excluding hydrogens is 344 g/mol. The Morgan fingerprint density at radius 1 is 1.32 bits per heavy atom. The second-order valence-electron chi connectivity index (χ2n) is 6.37. The highest BCUT2D eigenvalue weighted by Gasteiger charge is 2.33. The number of carbonyl (C=O) groups is 1. The summed E-state index contributed by atoms with van der Waals surface area (Å²) in [6.45, 7) is 3.57. The van der Waals surface area contributed by atoms with Crippen molar-refractivity contribution in [1.29, 1.82) is 0 Å². The second kappa shape index (κ2) is 5.39. The molecule has 1 aromatic heterocycles. The van der Waals surface area contributed by atoms with E-state index in [1.165, 1.54) is 12.8 Å². The molecule has 2 saturated heterocycles. The monoisotopic (exact) mass is 362 g/mol. The van der Waals surface area contributed by atoms with Crippen LogP contribution in [0.25, 0.3) is 11.0 Å². The fraction of sp³-hybridized carbons (Fsp3) is 0.471. The number of rotatable bonds is 1.